The Balaban J connectivity index is 1.34. The smallest absolute Gasteiger partial charge is 0.358 e. The number of esters is 2. The van der Waals surface area contributed by atoms with Crippen LogP contribution in [0.1, 0.15) is 57.9 Å². The summed E-state index contributed by atoms with van der Waals surface area (Å²) >= 11 is 8.30. The van der Waals surface area contributed by atoms with Crippen molar-refractivity contribution in [3.63, 3.8) is 0 Å². The summed E-state index contributed by atoms with van der Waals surface area (Å²) in [4.78, 5) is 63.5. The topological polar surface area (TPSA) is 189 Å². The minimum atomic E-state index is -0.990. The number of carbonyl (C=O) groups is 4. The van der Waals surface area contributed by atoms with Gasteiger partial charge in [-0.3, -0.25) is 19.3 Å². The number of ether oxygens (including phenoxy) is 2. The summed E-state index contributed by atoms with van der Waals surface area (Å²) in [6.07, 6.45) is 6.68. The van der Waals surface area contributed by atoms with Crippen LogP contribution in [-0.2, 0) is 33.5 Å². The number of rotatable bonds is 10. The number of carbonyl (C=O) groups excluding carboxylic acids is 4. The van der Waals surface area contributed by atoms with Gasteiger partial charge in [-0.05, 0) is 58.1 Å². The highest BCUT2D eigenvalue weighted by Gasteiger charge is 2.54. The van der Waals surface area contributed by atoms with Crippen LogP contribution in [0.15, 0.2) is 38.5 Å². The number of nitrogens with one attached hydrogen (secondary N) is 1. The second-order valence-corrected chi connectivity index (χ2v) is 13.8. The number of hydrogen-bond donors (Lipinski definition) is 2. The second-order valence-electron chi connectivity index (χ2n) is 11.4. The largest absolute Gasteiger partial charge is 0.427 e. The molecule has 0 aromatic carbocycles. The number of nitrogen functional groups attached to an aromatic ring is 1. The molecule has 2 aliphatic heterocycles. The molecule has 45 heavy (non-hydrogen) atoms. The third kappa shape index (κ3) is 7.50. The Hall–Kier alpha value is -3.89. The number of halogens is 1. The first-order valence-corrected chi connectivity index (χ1v) is 16.3. The van der Waals surface area contributed by atoms with E-state index in [1.807, 2.05) is 0 Å². The Labute approximate surface area is 271 Å². The van der Waals surface area contributed by atoms with E-state index in [1.165, 1.54) is 28.8 Å². The zero-order valence-electron chi connectivity index (χ0n) is 24.6. The van der Waals surface area contributed by atoms with Crippen LogP contribution in [0.2, 0.25) is 5.15 Å². The van der Waals surface area contributed by atoms with Gasteiger partial charge in [-0.25, -0.2) is 9.78 Å². The zero-order valence-corrected chi connectivity index (χ0v) is 27.0. The van der Waals surface area contributed by atoms with Gasteiger partial charge in [0.2, 0.25) is 6.79 Å². The fourth-order valence-electron chi connectivity index (χ4n) is 4.64. The van der Waals surface area contributed by atoms with Gasteiger partial charge in [-0.1, -0.05) is 28.0 Å². The molecular weight excluding hydrogens is 648 g/mol. The molecule has 1 saturated heterocycles. The molecule has 5 rings (SSSR count). The molecule has 0 spiro atoms. The third-order valence-corrected chi connectivity index (χ3v) is 9.15. The first-order chi connectivity index (χ1) is 21.4. The third-order valence-electron chi connectivity index (χ3n) is 6.99. The molecular formula is C28H31ClN6O8S2. The quantitative estimate of drug-likeness (QED) is 0.123. The lowest BCUT2D eigenvalue weighted by Gasteiger charge is -2.49. The lowest BCUT2D eigenvalue weighted by molar-refractivity contribution is -0.173. The summed E-state index contributed by atoms with van der Waals surface area (Å²) < 4.78 is 15.4. The summed E-state index contributed by atoms with van der Waals surface area (Å²) in [5.74, 6) is -2.10. The van der Waals surface area contributed by atoms with E-state index in [2.05, 4.69) is 20.6 Å². The van der Waals surface area contributed by atoms with Crippen molar-refractivity contribution in [1.29, 1.82) is 0 Å². The van der Waals surface area contributed by atoms with Crippen LogP contribution in [0.25, 0.3) is 6.08 Å². The zero-order chi connectivity index (χ0) is 32.3. The van der Waals surface area contributed by atoms with E-state index in [4.69, 9.17) is 36.2 Å². The molecule has 2 amide bonds. The summed E-state index contributed by atoms with van der Waals surface area (Å²) in [6.45, 7) is 4.34. The molecule has 0 unspecified atom stereocenters. The van der Waals surface area contributed by atoms with Crippen LogP contribution >= 0.6 is 34.7 Å². The van der Waals surface area contributed by atoms with Crippen LogP contribution < -0.4 is 11.1 Å². The van der Waals surface area contributed by atoms with Crippen LogP contribution in [0.5, 0.6) is 0 Å². The number of oxime groups is 1. The number of β-lactam (4-membered cyclic amide) rings is 1. The Bertz CT molecular complexity index is 1570. The van der Waals surface area contributed by atoms with E-state index in [0.717, 1.165) is 37.0 Å². The van der Waals surface area contributed by atoms with Gasteiger partial charge in [0.15, 0.2) is 21.8 Å². The normalized spacial score (nSPS) is 20.7. The number of nitrogens with zero attached hydrogens (tertiary/aromatic N) is 4. The van der Waals surface area contributed by atoms with Gasteiger partial charge in [0, 0.05) is 17.2 Å². The van der Waals surface area contributed by atoms with Gasteiger partial charge in [-0.2, -0.15) is 0 Å². The molecule has 1 saturated carbocycles. The first-order valence-electron chi connectivity index (χ1n) is 14.0. The Morgan fingerprint density at radius 1 is 1.24 bits per heavy atom. The van der Waals surface area contributed by atoms with Crippen LogP contribution in [0.4, 0.5) is 5.13 Å². The molecule has 2 aromatic rings. The number of hydrogen-bond acceptors (Lipinski definition) is 14. The highest BCUT2D eigenvalue weighted by atomic mass is 35.5. The highest BCUT2D eigenvalue weighted by molar-refractivity contribution is 8.00. The van der Waals surface area contributed by atoms with Crippen molar-refractivity contribution >= 4 is 75.4 Å². The number of thioether (sulfide) groups is 1. The minimum absolute atomic E-state index is 0.0614. The van der Waals surface area contributed by atoms with Gasteiger partial charge >= 0.3 is 11.9 Å². The molecule has 3 aliphatic rings. The number of fused-ring (bicyclic) bond motifs is 1. The molecule has 4 heterocycles. The van der Waals surface area contributed by atoms with E-state index in [1.54, 1.807) is 32.2 Å². The van der Waals surface area contributed by atoms with Crippen LogP contribution in [0, 0.1) is 5.41 Å². The molecule has 2 fully saturated rings. The van der Waals surface area contributed by atoms with E-state index in [-0.39, 0.29) is 39.2 Å². The van der Waals surface area contributed by atoms with Crippen molar-refractivity contribution in [2.75, 3.05) is 18.3 Å². The Kier molecular flexibility index (Phi) is 9.84. The van der Waals surface area contributed by atoms with Crippen molar-refractivity contribution in [2.45, 2.75) is 64.0 Å². The summed E-state index contributed by atoms with van der Waals surface area (Å²) in [7, 11) is 0. The van der Waals surface area contributed by atoms with E-state index < -0.39 is 47.4 Å². The van der Waals surface area contributed by atoms with Crippen molar-refractivity contribution in [1.82, 2.24) is 20.4 Å². The van der Waals surface area contributed by atoms with Gasteiger partial charge < -0.3 is 29.9 Å². The monoisotopic (exact) mass is 678 g/mol. The standard InChI is InChI=1S/C28H31ClN6O8S2/c1-28(2,3)26(39)41-13-40-25(38)21-14(8-9-16-10-18(29)33-43-16)11-44-24-20(23(37)35(21)24)32-22(36)19(17-12-45-27(30)31-17)34-42-15-6-4-5-7-15/h8-10,12,15,20,24H,4-7,11,13H2,1-3H3,(H2,30,31)(H,32,36)/b9-8-,34-19-/t20-,24-/m1/s1. The Morgan fingerprint density at radius 2 is 2.00 bits per heavy atom. The number of amides is 2. The van der Waals surface area contributed by atoms with Gasteiger partial charge in [0.25, 0.3) is 11.8 Å². The summed E-state index contributed by atoms with van der Waals surface area (Å²) in [6, 6.07) is 0.489. The molecule has 14 nitrogen and oxygen atoms in total. The van der Waals surface area contributed by atoms with Crippen LogP contribution in [-0.4, -0.2) is 74.6 Å². The highest BCUT2D eigenvalue weighted by Crippen LogP contribution is 2.41. The number of allylic oxidation sites excluding steroid dienone is 1. The molecule has 17 heteroatoms. The number of nitrogens with two attached hydrogens (primary N) is 1. The van der Waals surface area contributed by atoms with Gasteiger partial charge in [-0.15, -0.1) is 23.1 Å². The van der Waals surface area contributed by atoms with E-state index >= 15 is 0 Å². The minimum Gasteiger partial charge on any atom is -0.427 e. The second kappa shape index (κ2) is 13.6. The van der Waals surface area contributed by atoms with Crippen molar-refractivity contribution in [3.05, 3.63) is 45.4 Å². The van der Waals surface area contributed by atoms with Crippen molar-refractivity contribution in [3.8, 4) is 0 Å². The molecule has 2 atom stereocenters. The predicted molar refractivity (Wildman–Crippen MR) is 166 cm³/mol. The maximum atomic E-state index is 13.5. The van der Waals surface area contributed by atoms with Gasteiger partial charge in [0.1, 0.15) is 28.9 Å². The van der Waals surface area contributed by atoms with E-state index in [9.17, 15) is 19.2 Å². The number of thiazole rings is 1. The van der Waals surface area contributed by atoms with Crippen molar-refractivity contribution < 1.29 is 38.0 Å². The molecule has 240 valence electrons. The maximum absolute atomic E-state index is 13.5. The number of aromatic nitrogens is 2. The Morgan fingerprint density at radius 3 is 2.64 bits per heavy atom. The molecule has 0 bridgehead atoms. The van der Waals surface area contributed by atoms with Crippen molar-refractivity contribution in [2.24, 2.45) is 10.6 Å². The lowest BCUT2D eigenvalue weighted by atomic mass is 9.98. The average Bonchev–Trinajstić information content (AvgIpc) is 3.77. The predicted octanol–water partition coefficient (Wildman–Crippen LogP) is 3.49. The van der Waals surface area contributed by atoms with E-state index in [0.29, 0.717) is 11.3 Å². The first kappa shape index (κ1) is 32.5. The average molecular weight is 679 g/mol. The summed E-state index contributed by atoms with van der Waals surface area (Å²) in [5, 5.41) is 11.8. The van der Waals surface area contributed by atoms with Crippen LogP contribution in [0.3, 0.4) is 0 Å². The molecule has 0 radical (unpaired) electrons. The summed E-state index contributed by atoms with van der Waals surface area (Å²) in [5.41, 5.74) is 5.47. The van der Waals surface area contributed by atoms with Gasteiger partial charge in [0.05, 0.1) is 5.41 Å². The number of anilines is 1. The SMILES string of the molecule is CC(C)(C)C(=O)OCOC(=O)C1=C(/C=C\c2cc(Cl)no2)CS[C@@H]2[C@H](NC(=O)/C(=N\OC3CCCC3)c3csc(N)n3)C(=O)N12. The molecule has 2 aromatic heterocycles. The molecule has 3 N–H and O–H groups in total. The lowest BCUT2D eigenvalue weighted by Crippen LogP contribution is -2.71. The molecule has 1 aliphatic carbocycles. The fourth-order valence-corrected chi connectivity index (χ4v) is 6.65. The maximum Gasteiger partial charge on any atom is 0.358 e. The fraction of sp³-hybridized carbons (Fsp3) is 0.464.